The molecule has 2 aromatic carbocycles. The van der Waals surface area contributed by atoms with Crippen LogP contribution in [0.5, 0.6) is 0 Å². The summed E-state index contributed by atoms with van der Waals surface area (Å²) in [5.74, 6) is 1.18. The topological polar surface area (TPSA) is 62.7 Å². The number of nitrogens with zero attached hydrogens (tertiary/aromatic N) is 3. The van der Waals surface area contributed by atoms with E-state index in [1.165, 1.54) is 5.56 Å². The van der Waals surface area contributed by atoms with Gasteiger partial charge < -0.3 is 10.6 Å². The smallest absolute Gasteiger partial charge is 0.244 e. The Balaban J connectivity index is 1.60. The molecule has 1 heterocycles. The lowest BCUT2D eigenvalue weighted by molar-refractivity contribution is 0.929. The monoisotopic (exact) mass is 383 g/mol. The molecule has 0 radical (unpaired) electrons. The van der Waals surface area contributed by atoms with Crippen LogP contribution < -0.4 is 10.6 Å². The van der Waals surface area contributed by atoms with Gasteiger partial charge in [-0.05, 0) is 42.7 Å². The Hall–Kier alpha value is -2.47. The summed E-state index contributed by atoms with van der Waals surface area (Å²) >= 11 is 3.50. The number of halogens is 1. The molecule has 0 bridgehead atoms. The highest BCUT2D eigenvalue weighted by atomic mass is 79.9. The number of aromatic nitrogens is 3. The fourth-order valence-corrected chi connectivity index (χ4v) is 2.52. The van der Waals surface area contributed by atoms with E-state index in [1.54, 1.807) is 6.20 Å². The van der Waals surface area contributed by atoms with Crippen LogP contribution in [-0.4, -0.2) is 21.7 Å². The molecule has 2 N–H and O–H groups in total. The Kier molecular flexibility index (Phi) is 5.38. The van der Waals surface area contributed by atoms with E-state index in [9.17, 15) is 0 Å². The molecular formula is C18H18BrN5. The number of hydrogen-bond donors (Lipinski definition) is 2. The fourth-order valence-electron chi connectivity index (χ4n) is 2.27. The predicted molar refractivity (Wildman–Crippen MR) is 101 cm³/mol. The van der Waals surface area contributed by atoms with Crippen molar-refractivity contribution in [1.82, 2.24) is 15.2 Å². The maximum atomic E-state index is 4.44. The lowest BCUT2D eigenvalue weighted by atomic mass is 10.1. The molecule has 5 nitrogen and oxygen atoms in total. The van der Waals surface area contributed by atoms with Crippen molar-refractivity contribution in [3.63, 3.8) is 0 Å². The molecule has 0 atom stereocenters. The van der Waals surface area contributed by atoms with Crippen molar-refractivity contribution in [2.24, 2.45) is 0 Å². The maximum absolute atomic E-state index is 4.44. The summed E-state index contributed by atoms with van der Waals surface area (Å²) in [6.45, 7) is 2.80. The first-order valence-corrected chi connectivity index (χ1v) is 8.51. The minimum absolute atomic E-state index is 0.518. The molecule has 6 heteroatoms. The van der Waals surface area contributed by atoms with Crippen LogP contribution in [-0.2, 0) is 6.42 Å². The van der Waals surface area contributed by atoms with E-state index >= 15 is 0 Å². The van der Waals surface area contributed by atoms with E-state index in [2.05, 4.69) is 59.9 Å². The van der Waals surface area contributed by atoms with Crippen LogP contribution in [0, 0.1) is 6.92 Å². The number of benzene rings is 2. The van der Waals surface area contributed by atoms with Crippen molar-refractivity contribution in [3.8, 4) is 0 Å². The van der Waals surface area contributed by atoms with Gasteiger partial charge in [0, 0.05) is 16.7 Å². The summed E-state index contributed by atoms with van der Waals surface area (Å²) in [6, 6.07) is 16.4. The summed E-state index contributed by atoms with van der Waals surface area (Å²) in [6.07, 6.45) is 2.52. The first-order valence-electron chi connectivity index (χ1n) is 7.71. The molecule has 0 spiro atoms. The van der Waals surface area contributed by atoms with Gasteiger partial charge in [0.25, 0.3) is 0 Å². The normalized spacial score (nSPS) is 10.4. The second-order valence-corrected chi connectivity index (χ2v) is 6.27. The average molecular weight is 384 g/mol. The van der Waals surface area contributed by atoms with E-state index in [-0.39, 0.29) is 0 Å². The van der Waals surface area contributed by atoms with Gasteiger partial charge >= 0.3 is 0 Å². The Morgan fingerprint density at radius 2 is 1.92 bits per heavy atom. The largest absolute Gasteiger partial charge is 0.353 e. The second kappa shape index (κ2) is 7.88. The van der Waals surface area contributed by atoms with Gasteiger partial charge in [0.2, 0.25) is 5.95 Å². The average Bonchev–Trinajstić information content (AvgIpc) is 2.60. The predicted octanol–water partition coefficient (Wildman–Crippen LogP) is 4.34. The van der Waals surface area contributed by atoms with Crippen LogP contribution in [0.25, 0.3) is 0 Å². The molecule has 0 aliphatic rings. The van der Waals surface area contributed by atoms with Crippen LogP contribution in [0.4, 0.5) is 17.5 Å². The van der Waals surface area contributed by atoms with Crippen molar-refractivity contribution >= 4 is 33.4 Å². The first-order chi connectivity index (χ1) is 11.7. The second-order valence-electron chi connectivity index (χ2n) is 5.42. The van der Waals surface area contributed by atoms with Crippen molar-refractivity contribution in [2.75, 3.05) is 17.2 Å². The lowest BCUT2D eigenvalue weighted by Gasteiger charge is -2.09. The molecule has 3 aromatic rings. The molecule has 0 saturated carbocycles. The molecule has 1 aromatic heterocycles. The third-order valence-corrected chi connectivity index (χ3v) is 4.42. The van der Waals surface area contributed by atoms with Gasteiger partial charge in [-0.25, -0.2) is 0 Å². The molecule has 0 fully saturated rings. The Morgan fingerprint density at radius 3 is 2.71 bits per heavy atom. The highest BCUT2D eigenvalue weighted by Crippen LogP contribution is 2.22. The molecule has 0 saturated heterocycles. The minimum atomic E-state index is 0.518. The highest BCUT2D eigenvalue weighted by Gasteiger charge is 2.03. The van der Waals surface area contributed by atoms with E-state index in [4.69, 9.17) is 0 Å². The zero-order valence-corrected chi connectivity index (χ0v) is 14.9. The molecule has 0 unspecified atom stereocenters. The number of anilines is 3. The standard InChI is InChI=1S/C18H18BrN5/c1-13-11-15(7-8-16(13)19)22-17-12-21-24-18(23-17)20-10-9-14-5-3-2-4-6-14/h2-8,11-12H,9-10H2,1H3,(H2,20,22,23,24). The van der Waals surface area contributed by atoms with Gasteiger partial charge in [0.15, 0.2) is 5.82 Å². The summed E-state index contributed by atoms with van der Waals surface area (Å²) in [5, 5.41) is 14.5. The quantitative estimate of drug-likeness (QED) is 0.662. The molecule has 0 amide bonds. The molecule has 0 aliphatic heterocycles. The first kappa shape index (κ1) is 16.4. The number of aryl methyl sites for hydroxylation is 1. The summed E-state index contributed by atoms with van der Waals surface area (Å²) in [4.78, 5) is 4.44. The van der Waals surface area contributed by atoms with E-state index in [0.717, 1.165) is 28.7 Å². The van der Waals surface area contributed by atoms with Crippen LogP contribution >= 0.6 is 15.9 Å². The number of rotatable bonds is 6. The van der Waals surface area contributed by atoms with E-state index in [1.807, 2.05) is 37.3 Å². The molecular weight excluding hydrogens is 366 g/mol. The van der Waals surface area contributed by atoms with Crippen LogP contribution in [0.2, 0.25) is 0 Å². The summed E-state index contributed by atoms with van der Waals surface area (Å²) in [5.41, 5.74) is 3.40. The molecule has 24 heavy (non-hydrogen) atoms. The van der Waals surface area contributed by atoms with Gasteiger partial charge in [0.1, 0.15) is 0 Å². The van der Waals surface area contributed by atoms with Crippen molar-refractivity contribution in [3.05, 3.63) is 70.3 Å². The van der Waals surface area contributed by atoms with Crippen LogP contribution in [0.1, 0.15) is 11.1 Å². The van der Waals surface area contributed by atoms with Crippen LogP contribution in [0.15, 0.2) is 59.2 Å². The zero-order valence-electron chi connectivity index (χ0n) is 13.3. The van der Waals surface area contributed by atoms with Gasteiger partial charge in [-0.15, -0.1) is 5.10 Å². The highest BCUT2D eigenvalue weighted by molar-refractivity contribution is 9.10. The maximum Gasteiger partial charge on any atom is 0.244 e. The van der Waals surface area contributed by atoms with E-state index < -0.39 is 0 Å². The third kappa shape index (κ3) is 4.52. The zero-order chi connectivity index (χ0) is 16.8. The Bertz CT molecular complexity index is 808. The summed E-state index contributed by atoms with van der Waals surface area (Å²) in [7, 11) is 0. The summed E-state index contributed by atoms with van der Waals surface area (Å²) < 4.78 is 1.08. The van der Waals surface area contributed by atoms with Gasteiger partial charge in [-0.1, -0.05) is 46.3 Å². The van der Waals surface area contributed by atoms with Gasteiger partial charge in [-0.2, -0.15) is 10.1 Å². The van der Waals surface area contributed by atoms with Gasteiger partial charge in [0.05, 0.1) is 6.20 Å². The van der Waals surface area contributed by atoms with Crippen molar-refractivity contribution < 1.29 is 0 Å². The van der Waals surface area contributed by atoms with Gasteiger partial charge in [-0.3, -0.25) is 0 Å². The molecule has 122 valence electrons. The van der Waals surface area contributed by atoms with Crippen molar-refractivity contribution in [1.29, 1.82) is 0 Å². The SMILES string of the molecule is Cc1cc(Nc2cnnc(NCCc3ccccc3)n2)ccc1Br. The lowest BCUT2D eigenvalue weighted by Crippen LogP contribution is -2.09. The van der Waals surface area contributed by atoms with Crippen molar-refractivity contribution in [2.45, 2.75) is 13.3 Å². The van der Waals surface area contributed by atoms with Crippen LogP contribution in [0.3, 0.4) is 0 Å². The Morgan fingerprint density at radius 1 is 1.08 bits per heavy atom. The fraction of sp³-hybridized carbons (Fsp3) is 0.167. The van der Waals surface area contributed by atoms with E-state index in [0.29, 0.717) is 11.8 Å². The minimum Gasteiger partial charge on any atom is -0.353 e. The third-order valence-electron chi connectivity index (χ3n) is 3.53. The number of hydrogen-bond acceptors (Lipinski definition) is 5. The number of nitrogens with one attached hydrogen (secondary N) is 2. The Labute approximate surface area is 149 Å². The molecule has 0 aliphatic carbocycles. The molecule has 3 rings (SSSR count).